The van der Waals surface area contributed by atoms with E-state index in [0.29, 0.717) is 29.8 Å². The topological polar surface area (TPSA) is 92.7 Å². The highest BCUT2D eigenvalue weighted by Crippen LogP contribution is 2.37. The van der Waals surface area contributed by atoms with Gasteiger partial charge < -0.3 is 15.2 Å². The van der Waals surface area contributed by atoms with Crippen LogP contribution in [0.1, 0.15) is 49.9 Å². The van der Waals surface area contributed by atoms with Crippen molar-refractivity contribution in [1.82, 2.24) is 0 Å². The minimum absolute atomic E-state index is 0.0726. The summed E-state index contributed by atoms with van der Waals surface area (Å²) in [5, 5.41) is 11.4. The largest absolute Gasteiger partial charge is 0.481 e. The van der Waals surface area contributed by atoms with Gasteiger partial charge in [0.15, 0.2) is 11.4 Å². The van der Waals surface area contributed by atoms with E-state index in [1.807, 2.05) is 13.8 Å². The smallest absolute Gasteiger partial charge is 0.303 e. The summed E-state index contributed by atoms with van der Waals surface area (Å²) in [6.07, 6.45) is 0.812. The Balaban J connectivity index is 2.23. The molecular weight excluding hydrogens is 286 g/mol. The zero-order valence-corrected chi connectivity index (χ0v) is 12.6. The molecule has 1 aliphatic heterocycles. The SMILES string of the molecule is CCC1(CC)Oc2ccc(C(=O)CCC(=O)O)cc2NC1=O. The van der Waals surface area contributed by atoms with Crippen molar-refractivity contribution in [2.24, 2.45) is 0 Å². The van der Waals surface area contributed by atoms with Crippen molar-refractivity contribution in [2.75, 3.05) is 5.32 Å². The standard InChI is InChI=1S/C16H19NO5/c1-3-16(4-2)15(21)17-11-9-10(5-7-13(11)22-16)12(18)6-8-14(19)20/h5,7,9H,3-4,6,8H2,1-2H3,(H,17,21)(H,19,20). The van der Waals surface area contributed by atoms with Gasteiger partial charge in [-0.2, -0.15) is 0 Å². The van der Waals surface area contributed by atoms with Gasteiger partial charge in [0.05, 0.1) is 12.1 Å². The first-order valence-corrected chi connectivity index (χ1v) is 7.31. The highest BCUT2D eigenvalue weighted by molar-refractivity contribution is 6.03. The Morgan fingerprint density at radius 3 is 2.50 bits per heavy atom. The average molecular weight is 305 g/mol. The zero-order chi connectivity index (χ0) is 16.3. The van der Waals surface area contributed by atoms with Gasteiger partial charge in [0.25, 0.3) is 5.91 Å². The molecule has 1 aromatic carbocycles. The third-order valence-corrected chi connectivity index (χ3v) is 3.98. The van der Waals surface area contributed by atoms with Crippen molar-refractivity contribution in [3.05, 3.63) is 23.8 Å². The van der Waals surface area contributed by atoms with Crippen molar-refractivity contribution in [1.29, 1.82) is 0 Å². The van der Waals surface area contributed by atoms with Gasteiger partial charge in [-0.25, -0.2) is 0 Å². The van der Waals surface area contributed by atoms with Crippen LogP contribution in [-0.4, -0.2) is 28.4 Å². The number of ether oxygens (including phenoxy) is 1. The number of anilines is 1. The van der Waals surface area contributed by atoms with Crippen LogP contribution >= 0.6 is 0 Å². The Hall–Kier alpha value is -2.37. The van der Waals surface area contributed by atoms with E-state index >= 15 is 0 Å². The van der Waals surface area contributed by atoms with E-state index in [-0.39, 0.29) is 24.5 Å². The lowest BCUT2D eigenvalue weighted by Gasteiger charge is -2.36. The van der Waals surface area contributed by atoms with Gasteiger partial charge in [-0.3, -0.25) is 14.4 Å². The summed E-state index contributed by atoms with van der Waals surface area (Å²) in [6, 6.07) is 4.77. The minimum Gasteiger partial charge on any atom is -0.481 e. The molecule has 2 rings (SSSR count). The van der Waals surface area contributed by atoms with Gasteiger partial charge in [0.1, 0.15) is 5.75 Å². The highest BCUT2D eigenvalue weighted by Gasteiger charge is 2.41. The molecule has 0 unspecified atom stereocenters. The van der Waals surface area contributed by atoms with Crippen LogP contribution in [0.4, 0.5) is 5.69 Å². The van der Waals surface area contributed by atoms with E-state index in [2.05, 4.69) is 5.32 Å². The van der Waals surface area contributed by atoms with Crippen LogP contribution in [0.25, 0.3) is 0 Å². The molecule has 0 spiro atoms. The summed E-state index contributed by atoms with van der Waals surface area (Å²) in [5.74, 6) is -0.987. The molecule has 22 heavy (non-hydrogen) atoms. The molecule has 0 fully saturated rings. The summed E-state index contributed by atoms with van der Waals surface area (Å²) < 4.78 is 5.85. The Bertz CT molecular complexity index is 619. The summed E-state index contributed by atoms with van der Waals surface area (Å²) in [5.41, 5.74) is -0.0601. The number of rotatable bonds is 6. The Morgan fingerprint density at radius 1 is 1.23 bits per heavy atom. The van der Waals surface area contributed by atoms with Crippen LogP contribution in [0.15, 0.2) is 18.2 Å². The molecule has 0 bridgehead atoms. The van der Waals surface area contributed by atoms with E-state index < -0.39 is 11.6 Å². The lowest BCUT2D eigenvalue weighted by molar-refractivity contribution is -0.137. The number of hydrogen-bond acceptors (Lipinski definition) is 4. The molecule has 1 aliphatic rings. The first-order valence-electron chi connectivity index (χ1n) is 7.31. The first kappa shape index (κ1) is 16.0. The molecular formula is C16H19NO5. The molecule has 6 nitrogen and oxygen atoms in total. The summed E-state index contributed by atoms with van der Waals surface area (Å²) in [6.45, 7) is 3.77. The molecule has 2 N–H and O–H groups in total. The third-order valence-electron chi connectivity index (χ3n) is 3.98. The molecule has 0 radical (unpaired) electrons. The maximum atomic E-state index is 12.2. The van der Waals surface area contributed by atoms with Gasteiger partial charge in [-0.15, -0.1) is 0 Å². The van der Waals surface area contributed by atoms with Gasteiger partial charge in [-0.05, 0) is 31.0 Å². The predicted octanol–water partition coefficient (Wildman–Crippen LogP) is 2.62. The van der Waals surface area contributed by atoms with Crippen LogP contribution in [0, 0.1) is 0 Å². The second kappa shape index (κ2) is 6.17. The predicted molar refractivity (Wildman–Crippen MR) is 80.2 cm³/mol. The summed E-state index contributed by atoms with van der Waals surface area (Å²) in [7, 11) is 0. The summed E-state index contributed by atoms with van der Waals surface area (Å²) >= 11 is 0. The van der Waals surface area contributed by atoms with Crippen LogP contribution in [-0.2, 0) is 9.59 Å². The number of carboxylic acids is 1. The van der Waals surface area contributed by atoms with E-state index in [9.17, 15) is 14.4 Å². The van der Waals surface area contributed by atoms with Crippen LogP contribution in [0.3, 0.4) is 0 Å². The zero-order valence-electron chi connectivity index (χ0n) is 12.6. The fraction of sp³-hybridized carbons (Fsp3) is 0.438. The molecule has 0 atom stereocenters. The summed E-state index contributed by atoms with van der Waals surface area (Å²) in [4.78, 5) is 34.7. The number of carbonyl (C=O) groups is 3. The molecule has 118 valence electrons. The average Bonchev–Trinajstić information content (AvgIpc) is 2.51. The number of carboxylic acid groups (broad SMARTS) is 1. The molecule has 0 saturated heterocycles. The fourth-order valence-corrected chi connectivity index (χ4v) is 2.46. The van der Waals surface area contributed by atoms with Crippen LogP contribution in [0.2, 0.25) is 0 Å². The lowest BCUT2D eigenvalue weighted by Crippen LogP contribution is -2.49. The van der Waals surface area contributed by atoms with Crippen molar-refractivity contribution in [3.63, 3.8) is 0 Å². The van der Waals surface area contributed by atoms with Gasteiger partial charge in [0.2, 0.25) is 0 Å². The van der Waals surface area contributed by atoms with Crippen molar-refractivity contribution in [2.45, 2.75) is 45.1 Å². The first-order chi connectivity index (χ1) is 10.4. The van der Waals surface area contributed by atoms with E-state index in [1.54, 1.807) is 12.1 Å². The van der Waals surface area contributed by atoms with Gasteiger partial charge >= 0.3 is 5.97 Å². The number of carbonyl (C=O) groups excluding carboxylic acids is 2. The van der Waals surface area contributed by atoms with Gasteiger partial charge in [0, 0.05) is 12.0 Å². The number of ketones is 1. The number of hydrogen-bond donors (Lipinski definition) is 2. The maximum absolute atomic E-state index is 12.2. The van der Waals surface area contributed by atoms with Gasteiger partial charge in [-0.1, -0.05) is 13.8 Å². The molecule has 0 saturated carbocycles. The number of fused-ring (bicyclic) bond motifs is 1. The number of Topliss-reactive ketones (excluding diaryl/α,β-unsaturated/α-hetero) is 1. The normalized spacial score (nSPS) is 15.5. The number of amides is 1. The minimum atomic E-state index is -1.02. The fourth-order valence-electron chi connectivity index (χ4n) is 2.46. The quantitative estimate of drug-likeness (QED) is 0.788. The van der Waals surface area contributed by atoms with Crippen molar-refractivity contribution >= 4 is 23.3 Å². The van der Waals surface area contributed by atoms with E-state index in [1.165, 1.54) is 6.07 Å². The highest BCUT2D eigenvalue weighted by atomic mass is 16.5. The molecule has 6 heteroatoms. The molecule has 1 heterocycles. The molecule has 0 aliphatic carbocycles. The Morgan fingerprint density at radius 2 is 1.91 bits per heavy atom. The monoisotopic (exact) mass is 305 g/mol. The number of aliphatic carboxylic acids is 1. The van der Waals surface area contributed by atoms with E-state index in [4.69, 9.17) is 9.84 Å². The van der Waals surface area contributed by atoms with Crippen molar-refractivity contribution in [3.8, 4) is 5.75 Å². The molecule has 1 aromatic rings. The second-order valence-corrected chi connectivity index (χ2v) is 5.29. The van der Waals surface area contributed by atoms with E-state index in [0.717, 1.165) is 0 Å². The Kier molecular flexibility index (Phi) is 4.49. The number of benzene rings is 1. The lowest BCUT2D eigenvalue weighted by atomic mass is 9.93. The third kappa shape index (κ3) is 2.95. The van der Waals surface area contributed by atoms with Crippen LogP contribution < -0.4 is 10.1 Å². The molecule has 0 aromatic heterocycles. The molecule has 1 amide bonds. The Labute approximate surface area is 128 Å². The van der Waals surface area contributed by atoms with Crippen molar-refractivity contribution < 1.29 is 24.2 Å². The van der Waals surface area contributed by atoms with Crippen LogP contribution in [0.5, 0.6) is 5.75 Å². The number of nitrogens with one attached hydrogen (secondary N) is 1. The second-order valence-electron chi connectivity index (χ2n) is 5.29. The maximum Gasteiger partial charge on any atom is 0.303 e.